The zero-order chi connectivity index (χ0) is 18.5. The van der Waals surface area contributed by atoms with Gasteiger partial charge in [-0.3, -0.25) is 0 Å². The smallest absolute Gasteiger partial charge is 0.387 e. The summed E-state index contributed by atoms with van der Waals surface area (Å²) in [6, 6.07) is 11.1. The van der Waals surface area contributed by atoms with Gasteiger partial charge in [0.05, 0.1) is 19.8 Å². The zero-order valence-corrected chi connectivity index (χ0v) is 14.0. The summed E-state index contributed by atoms with van der Waals surface area (Å²) in [6.45, 7) is -2.50. The number of alkyl halides is 2. The molecule has 1 aliphatic rings. The number of benzene rings is 2. The number of hydrogen-bond acceptors (Lipinski definition) is 4. The Bertz CT molecular complexity index is 786. The lowest BCUT2D eigenvalue weighted by molar-refractivity contribution is -0.0511. The molecule has 8 heteroatoms. The summed E-state index contributed by atoms with van der Waals surface area (Å²) < 4.78 is 39.9. The molecule has 1 atom stereocenters. The van der Waals surface area contributed by atoms with Crippen LogP contribution >= 0.6 is 0 Å². The van der Waals surface area contributed by atoms with Crippen molar-refractivity contribution in [2.75, 3.05) is 19.0 Å². The minimum absolute atomic E-state index is 0.148. The molecule has 2 aromatic rings. The Balaban J connectivity index is 1.69. The van der Waals surface area contributed by atoms with Crippen molar-refractivity contribution in [3.63, 3.8) is 0 Å². The number of carbonyl (C=O) groups is 1. The molecule has 2 amide bonds. The van der Waals surface area contributed by atoms with Crippen molar-refractivity contribution in [3.05, 3.63) is 48.0 Å². The van der Waals surface area contributed by atoms with Crippen molar-refractivity contribution in [2.24, 2.45) is 0 Å². The summed E-state index contributed by atoms with van der Waals surface area (Å²) >= 11 is 0. The molecule has 0 spiro atoms. The van der Waals surface area contributed by atoms with Crippen molar-refractivity contribution >= 4 is 11.7 Å². The number of urea groups is 1. The second-order valence-corrected chi connectivity index (χ2v) is 5.57. The van der Waals surface area contributed by atoms with E-state index in [-0.39, 0.29) is 17.5 Å². The second-order valence-electron chi connectivity index (χ2n) is 5.57. The average molecular weight is 364 g/mol. The Labute approximate surface area is 149 Å². The Morgan fingerprint density at radius 1 is 1.23 bits per heavy atom. The van der Waals surface area contributed by atoms with E-state index in [9.17, 15) is 13.6 Å². The van der Waals surface area contributed by atoms with E-state index in [1.54, 1.807) is 0 Å². The maximum atomic E-state index is 12.5. The predicted molar refractivity (Wildman–Crippen MR) is 91.1 cm³/mol. The van der Waals surface area contributed by atoms with Crippen LogP contribution in [0.4, 0.5) is 19.3 Å². The summed E-state index contributed by atoms with van der Waals surface area (Å²) in [5.74, 6) is 0.729. The van der Waals surface area contributed by atoms with Gasteiger partial charge in [0, 0.05) is 23.7 Å². The van der Waals surface area contributed by atoms with Gasteiger partial charge in [-0.15, -0.1) is 0 Å². The van der Waals surface area contributed by atoms with E-state index in [4.69, 9.17) is 9.47 Å². The van der Waals surface area contributed by atoms with Gasteiger partial charge in [-0.25, -0.2) is 4.79 Å². The first-order chi connectivity index (χ1) is 12.6. The number of para-hydroxylation sites is 1. The van der Waals surface area contributed by atoms with Crippen molar-refractivity contribution in [3.8, 4) is 17.2 Å². The Morgan fingerprint density at radius 3 is 2.81 bits per heavy atom. The molecular weight excluding hydrogens is 346 g/mol. The van der Waals surface area contributed by atoms with Crippen LogP contribution in [-0.2, 0) is 0 Å². The van der Waals surface area contributed by atoms with E-state index in [1.165, 1.54) is 25.3 Å². The van der Waals surface area contributed by atoms with E-state index in [0.717, 1.165) is 11.3 Å². The molecule has 26 heavy (non-hydrogen) atoms. The number of amides is 2. The molecule has 2 aromatic carbocycles. The highest BCUT2D eigenvalue weighted by Gasteiger charge is 2.22. The third kappa shape index (κ3) is 4.14. The van der Waals surface area contributed by atoms with Crippen molar-refractivity contribution in [1.29, 1.82) is 0 Å². The highest BCUT2D eigenvalue weighted by atomic mass is 19.3. The largest absolute Gasteiger partial charge is 0.493 e. The molecule has 0 saturated carbocycles. The van der Waals surface area contributed by atoms with Crippen LogP contribution in [-0.4, -0.2) is 26.4 Å². The van der Waals surface area contributed by atoms with E-state index in [0.29, 0.717) is 18.7 Å². The predicted octanol–water partition coefficient (Wildman–Crippen LogP) is 3.94. The highest BCUT2D eigenvalue weighted by molar-refractivity contribution is 5.90. The maximum Gasteiger partial charge on any atom is 0.387 e. The van der Waals surface area contributed by atoms with Crippen LogP contribution in [0.25, 0.3) is 0 Å². The summed E-state index contributed by atoms with van der Waals surface area (Å²) in [5, 5.41) is 5.48. The van der Waals surface area contributed by atoms with Gasteiger partial charge >= 0.3 is 12.6 Å². The number of hydrogen-bond donors (Lipinski definition) is 2. The van der Waals surface area contributed by atoms with Gasteiger partial charge in [-0.05, 0) is 18.2 Å². The van der Waals surface area contributed by atoms with Gasteiger partial charge in [0.25, 0.3) is 0 Å². The van der Waals surface area contributed by atoms with Crippen LogP contribution in [0.2, 0.25) is 0 Å². The summed E-state index contributed by atoms with van der Waals surface area (Å²) in [5.41, 5.74) is 1.20. The van der Waals surface area contributed by atoms with Gasteiger partial charge in [0.1, 0.15) is 5.75 Å². The third-order valence-corrected chi connectivity index (χ3v) is 3.90. The molecule has 0 bridgehead atoms. The second kappa shape index (κ2) is 7.90. The van der Waals surface area contributed by atoms with E-state index < -0.39 is 12.6 Å². The number of nitrogens with one attached hydrogen (secondary N) is 2. The van der Waals surface area contributed by atoms with Crippen molar-refractivity contribution < 1.29 is 27.8 Å². The lowest BCUT2D eigenvalue weighted by Crippen LogP contribution is -2.35. The number of fused-ring (bicyclic) bond motifs is 1. The molecule has 0 aliphatic carbocycles. The molecule has 138 valence electrons. The molecule has 0 aromatic heterocycles. The Hall–Kier alpha value is -3.03. The number of halogens is 2. The number of ether oxygens (including phenoxy) is 3. The van der Waals surface area contributed by atoms with Gasteiger partial charge in [-0.1, -0.05) is 18.2 Å². The number of anilines is 1. The highest BCUT2D eigenvalue weighted by Crippen LogP contribution is 2.33. The molecule has 0 radical (unpaired) electrons. The van der Waals surface area contributed by atoms with Crippen LogP contribution < -0.4 is 24.8 Å². The standard InChI is InChI=1S/C18H18F2N2O4/c1-24-15-7-6-11(10-16(15)26-17(19)20)21-18(23)22-13-8-9-25-14-5-3-2-4-12(13)14/h2-7,10,13,17H,8-9H2,1H3,(H2,21,22,23). The van der Waals surface area contributed by atoms with E-state index >= 15 is 0 Å². The minimum atomic E-state index is -2.99. The molecule has 6 nitrogen and oxygen atoms in total. The first-order valence-electron chi connectivity index (χ1n) is 7.99. The number of carbonyl (C=O) groups excluding carboxylic acids is 1. The summed E-state index contributed by atoms with van der Waals surface area (Å²) in [7, 11) is 1.34. The molecular formula is C18H18F2N2O4. The van der Waals surface area contributed by atoms with Gasteiger partial charge in [-0.2, -0.15) is 8.78 Å². The monoisotopic (exact) mass is 364 g/mol. The molecule has 2 N–H and O–H groups in total. The van der Waals surface area contributed by atoms with Crippen LogP contribution in [0.1, 0.15) is 18.0 Å². The van der Waals surface area contributed by atoms with Crippen LogP contribution in [0.5, 0.6) is 17.2 Å². The maximum absolute atomic E-state index is 12.5. The molecule has 0 fully saturated rings. The Morgan fingerprint density at radius 2 is 2.04 bits per heavy atom. The lowest BCUT2D eigenvalue weighted by atomic mass is 10.0. The zero-order valence-electron chi connectivity index (χ0n) is 14.0. The van der Waals surface area contributed by atoms with Gasteiger partial charge in [0.2, 0.25) is 0 Å². The SMILES string of the molecule is COc1ccc(NC(=O)NC2CCOc3ccccc32)cc1OC(F)F. The summed E-state index contributed by atoms with van der Waals surface area (Å²) in [6.07, 6.45) is 0.632. The summed E-state index contributed by atoms with van der Waals surface area (Å²) in [4.78, 5) is 12.3. The van der Waals surface area contributed by atoms with Crippen LogP contribution in [0.3, 0.4) is 0 Å². The first-order valence-corrected chi connectivity index (χ1v) is 7.99. The minimum Gasteiger partial charge on any atom is -0.493 e. The molecule has 1 heterocycles. The molecule has 0 saturated heterocycles. The fourth-order valence-corrected chi connectivity index (χ4v) is 2.76. The fourth-order valence-electron chi connectivity index (χ4n) is 2.76. The van der Waals surface area contributed by atoms with Crippen molar-refractivity contribution in [1.82, 2.24) is 5.32 Å². The molecule has 3 rings (SSSR count). The third-order valence-electron chi connectivity index (χ3n) is 3.90. The fraction of sp³-hybridized carbons (Fsp3) is 0.278. The molecule has 1 aliphatic heterocycles. The van der Waals surface area contributed by atoms with Gasteiger partial charge < -0.3 is 24.8 Å². The number of methoxy groups -OCH3 is 1. The number of rotatable bonds is 5. The quantitative estimate of drug-likeness (QED) is 0.843. The first kappa shape index (κ1) is 17.8. The van der Waals surface area contributed by atoms with Gasteiger partial charge in [0.15, 0.2) is 11.5 Å². The Kier molecular flexibility index (Phi) is 5.40. The van der Waals surface area contributed by atoms with E-state index in [2.05, 4.69) is 15.4 Å². The topological polar surface area (TPSA) is 68.8 Å². The molecule has 1 unspecified atom stereocenters. The van der Waals surface area contributed by atoms with E-state index in [1.807, 2.05) is 24.3 Å². The lowest BCUT2D eigenvalue weighted by Gasteiger charge is -2.26. The normalized spacial score (nSPS) is 15.6. The van der Waals surface area contributed by atoms with Crippen LogP contribution in [0, 0.1) is 0 Å². The van der Waals surface area contributed by atoms with Crippen LogP contribution in [0.15, 0.2) is 42.5 Å². The average Bonchev–Trinajstić information content (AvgIpc) is 2.62. The van der Waals surface area contributed by atoms with Crippen molar-refractivity contribution in [2.45, 2.75) is 19.1 Å².